The van der Waals surface area contributed by atoms with Crippen molar-refractivity contribution in [2.45, 2.75) is 37.8 Å². The number of rotatable bonds is 7. The van der Waals surface area contributed by atoms with E-state index in [1.165, 1.54) is 13.2 Å². The highest BCUT2D eigenvalue weighted by atomic mass is 32.2. The summed E-state index contributed by atoms with van der Waals surface area (Å²) in [6.07, 6.45) is 2.33. The molecule has 1 rings (SSSR count). The number of nitrogens with zero attached hydrogens (tertiary/aromatic N) is 2. The van der Waals surface area contributed by atoms with Crippen LogP contribution in [0.4, 0.5) is 5.69 Å². The fourth-order valence-electron chi connectivity index (χ4n) is 1.77. The van der Waals surface area contributed by atoms with Crippen molar-refractivity contribution < 1.29 is 13.5 Å². The molecule has 0 aliphatic heterocycles. The standard InChI is InChI=1S/C13H23N3O3S/c1-5-8-14-11-7-6-9-15-12(11)20(18,19)16(4)10-13(2,3)17/h6-7,9,14,17H,5,8,10H2,1-4H3. The molecule has 7 heteroatoms. The number of likely N-dealkylation sites (N-methyl/N-ethyl adjacent to an activating group) is 1. The normalized spacial score (nSPS) is 12.7. The molecule has 2 N–H and O–H groups in total. The smallest absolute Gasteiger partial charge is 0.262 e. The number of aliphatic hydroxyl groups is 1. The summed E-state index contributed by atoms with van der Waals surface area (Å²) in [5.41, 5.74) is -0.620. The minimum absolute atomic E-state index is 0.000868. The predicted molar refractivity (Wildman–Crippen MR) is 79.1 cm³/mol. The van der Waals surface area contributed by atoms with Crippen LogP contribution in [0.3, 0.4) is 0 Å². The molecule has 0 aliphatic carbocycles. The molecule has 114 valence electrons. The largest absolute Gasteiger partial charge is 0.389 e. The maximum absolute atomic E-state index is 12.5. The van der Waals surface area contributed by atoms with Crippen molar-refractivity contribution in [2.75, 3.05) is 25.5 Å². The second-order valence-electron chi connectivity index (χ2n) is 5.36. The molecule has 0 amide bonds. The number of hydrogen-bond acceptors (Lipinski definition) is 5. The Hall–Kier alpha value is -1.18. The molecule has 20 heavy (non-hydrogen) atoms. The average molecular weight is 301 g/mol. The quantitative estimate of drug-likeness (QED) is 0.793. The first-order valence-corrected chi connectivity index (χ1v) is 8.00. The highest BCUT2D eigenvalue weighted by Crippen LogP contribution is 2.22. The van der Waals surface area contributed by atoms with Crippen molar-refractivity contribution >= 4 is 15.7 Å². The summed E-state index contributed by atoms with van der Waals surface area (Å²) in [6, 6.07) is 3.38. The van der Waals surface area contributed by atoms with Crippen molar-refractivity contribution in [2.24, 2.45) is 0 Å². The van der Waals surface area contributed by atoms with Gasteiger partial charge in [0, 0.05) is 26.3 Å². The van der Waals surface area contributed by atoms with Crippen molar-refractivity contribution in [1.82, 2.24) is 9.29 Å². The summed E-state index contributed by atoms with van der Waals surface area (Å²) in [5, 5.41) is 12.8. The Morgan fingerprint density at radius 2 is 2.10 bits per heavy atom. The number of pyridine rings is 1. The lowest BCUT2D eigenvalue weighted by Gasteiger charge is -2.25. The van der Waals surface area contributed by atoms with E-state index < -0.39 is 15.6 Å². The molecule has 1 heterocycles. The van der Waals surface area contributed by atoms with E-state index in [0.29, 0.717) is 12.2 Å². The van der Waals surface area contributed by atoms with Crippen LogP contribution < -0.4 is 5.32 Å². The van der Waals surface area contributed by atoms with Gasteiger partial charge in [0.25, 0.3) is 10.0 Å². The molecule has 1 aromatic rings. The lowest BCUT2D eigenvalue weighted by Crippen LogP contribution is -2.40. The third kappa shape index (κ3) is 4.43. The third-order valence-electron chi connectivity index (χ3n) is 2.60. The van der Waals surface area contributed by atoms with Gasteiger partial charge in [-0.25, -0.2) is 13.4 Å². The van der Waals surface area contributed by atoms with Crippen LogP contribution in [0.2, 0.25) is 0 Å². The molecule has 0 saturated heterocycles. The van der Waals surface area contributed by atoms with E-state index in [4.69, 9.17) is 0 Å². The minimum atomic E-state index is -3.73. The molecule has 0 atom stereocenters. The van der Waals surface area contributed by atoms with E-state index in [-0.39, 0.29) is 11.6 Å². The van der Waals surface area contributed by atoms with Crippen LogP contribution in [-0.4, -0.2) is 48.6 Å². The van der Waals surface area contributed by atoms with Crippen LogP contribution >= 0.6 is 0 Å². The maximum atomic E-state index is 12.5. The SMILES string of the molecule is CCCNc1cccnc1S(=O)(=O)N(C)CC(C)(C)O. The molecule has 0 fully saturated rings. The first-order chi connectivity index (χ1) is 9.18. The zero-order valence-electron chi connectivity index (χ0n) is 12.4. The number of anilines is 1. The van der Waals surface area contributed by atoms with Crippen LogP contribution in [0, 0.1) is 0 Å². The predicted octanol–water partition coefficient (Wildman–Crippen LogP) is 1.29. The highest BCUT2D eigenvalue weighted by molar-refractivity contribution is 7.89. The summed E-state index contributed by atoms with van der Waals surface area (Å²) in [5.74, 6) is 0. The Morgan fingerprint density at radius 1 is 1.45 bits per heavy atom. The number of sulfonamides is 1. The summed E-state index contributed by atoms with van der Waals surface area (Å²) in [4.78, 5) is 3.98. The molecule has 0 bridgehead atoms. The Bertz CT molecular complexity index is 538. The van der Waals surface area contributed by atoms with Gasteiger partial charge < -0.3 is 10.4 Å². The van der Waals surface area contributed by atoms with Gasteiger partial charge in [-0.15, -0.1) is 0 Å². The van der Waals surface area contributed by atoms with E-state index in [1.54, 1.807) is 26.0 Å². The van der Waals surface area contributed by atoms with Gasteiger partial charge in [0.2, 0.25) is 0 Å². The van der Waals surface area contributed by atoms with E-state index in [0.717, 1.165) is 10.7 Å². The first-order valence-electron chi connectivity index (χ1n) is 6.56. The van der Waals surface area contributed by atoms with Crippen molar-refractivity contribution in [3.8, 4) is 0 Å². The van der Waals surface area contributed by atoms with Gasteiger partial charge in [-0.1, -0.05) is 6.92 Å². The van der Waals surface area contributed by atoms with Crippen molar-refractivity contribution in [3.63, 3.8) is 0 Å². The van der Waals surface area contributed by atoms with E-state index in [9.17, 15) is 13.5 Å². The molecular formula is C13H23N3O3S. The fraction of sp³-hybridized carbons (Fsp3) is 0.615. The van der Waals surface area contributed by atoms with Gasteiger partial charge in [0.05, 0.1) is 11.3 Å². The molecule has 0 radical (unpaired) electrons. The van der Waals surface area contributed by atoms with Crippen LogP contribution in [-0.2, 0) is 10.0 Å². The zero-order chi connectivity index (χ0) is 15.4. The maximum Gasteiger partial charge on any atom is 0.262 e. The van der Waals surface area contributed by atoms with E-state index in [2.05, 4.69) is 10.3 Å². The summed E-state index contributed by atoms with van der Waals surface area (Å²) >= 11 is 0. The van der Waals surface area contributed by atoms with Crippen LogP contribution in [0.15, 0.2) is 23.4 Å². The second kappa shape index (κ2) is 6.51. The van der Waals surface area contributed by atoms with Crippen molar-refractivity contribution in [1.29, 1.82) is 0 Å². The molecular weight excluding hydrogens is 278 g/mol. The fourth-order valence-corrected chi connectivity index (χ4v) is 3.16. The molecule has 0 spiro atoms. The average Bonchev–Trinajstić information content (AvgIpc) is 2.34. The Morgan fingerprint density at radius 3 is 2.65 bits per heavy atom. The topological polar surface area (TPSA) is 82.5 Å². The number of hydrogen-bond donors (Lipinski definition) is 2. The minimum Gasteiger partial charge on any atom is -0.389 e. The molecule has 1 aromatic heterocycles. The monoisotopic (exact) mass is 301 g/mol. The van der Waals surface area contributed by atoms with Gasteiger partial charge in [0.1, 0.15) is 0 Å². The van der Waals surface area contributed by atoms with E-state index in [1.807, 2.05) is 6.92 Å². The highest BCUT2D eigenvalue weighted by Gasteiger charge is 2.29. The summed E-state index contributed by atoms with van der Waals surface area (Å²) in [7, 11) is -2.30. The van der Waals surface area contributed by atoms with Gasteiger partial charge >= 0.3 is 0 Å². The lowest BCUT2D eigenvalue weighted by atomic mass is 10.1. The van der Waals surface area contributed by atoms with Crippen LogP contribution in [0.5, 0.6) is 0 Å². The molecule has 0 unspecified atom stereocenters. The molecule has 0 aromatic carbocycles. The van der Waals surface area contributed by atoms with Gasteiger partial charge in [0.15, 0.2) is 5.03 Å². The van der Waals surface area contributed by atoms with E-state index >= 15 is 0 Å². The zero-order valence-corrected chi connectivity index (χ0v) is 13.2. The third-order valence-corrected chi connectivity index (χ3v) is 4.36. The number of aromatic nitrogens is 1. The lowest BCUT2D eigenvalue weighted by molar-refractivity contribution is 0.0639. The van der Waals surface area contributed by atoms with Crippen molar-refractivity contribution in [3.05, 3.63) is 18.3 Å². The Labute approximate surface area is 120 Å². The molecule has 6 nitrogen and oxygen atoms in total. The number of nitrogens with one attached hydrogen (secondary N) is 1. The summed E-state index contributed by atoms with van der Waals surface area (Å²) < 4.78 is 26.1. The Kier molecular flexibility index (Phi) is 5.50. The van der Waals surface area contributed by atoms with Gasteiger partial charge in [-0.3, -0.25) is 0 Å². The molecule has 0 aliphatic rings. The van der Waals surface area contributed by atoms with Crippen LogP contribution in [0.1, 0.15) is 27.2 Å². The van der Waals surface area contributed by atoms with Gasteiger partial charge in [-0.05, 0) is 32.4 Å². The second-order valence-corrected chi connectivity index (χ2v) is 7.32. The molecule has 0 saturated carbocycles. The van der Waals surface area contributed by atoms with Gasteiger partial charge in [-0.2, -0.15) is 4.31 Å². The summed E-state index contributed by atoms with van der Waals surface area (Å²) in [6.45, 7) is 5.79. The van der Waals surface area contributed by atoms with Crippen LogP contribution in [0.25, 0.3) is 0 Å². The first kappa shape index (κ1) is 16.9. The Balaban J connectivity index is 3.09.